The van der Waals surface area contributed by atoms with Gasteiger partial charge in [-0.3, -0.25) is 9.59 Å². The first-order chi connectivity index (χ1) is 21.6. The lowest BCUT2D eigenvalue weighted by Gasteiger charge is -2.25. The quantitative estimate of drug-likeness (QED) is 0.254. The Kier molecular flexibility index (Phi) is 14.0. The van der Waals surface area contributed by atoms with E-state index in [0.29, 0.717) is 23.7 Å². The number of sulfonamides is 1. The van der Waals surface area contributed by atoms with Crippen molar-refractivity contribution in [3.8, 4) is 5.75 Å². The average molecular weight is 646 g/mol. The Labute approximate surface area is 264 Å². The fourth-order valence-electron chi connectivity index (χ4n) is 4.70. The topological polar surface area (TPSA) is 182 Å². The van der Waals surface area contributed by atoms with Crippen LogP contribution in [-0.2, 0) is 35.6 Å². The minimum absolute atomic E-state index is 0.0132. The van der Waals surface area contributed by atoms with E-state index in [1.807, 2.05) is 19.2 Å². The van der Waals surface area contributed by atoms with Crippen LogP contribution in [0.15, 0.2) is 70.4 Å². The van der Waals surface area contributed by atoms with Gasteiger partial charge < -0.3 is 35.7 Å². The van der Waals surface area contributed by atoms with Crippen LogP contribution in [0.2, 0.25) is 0 Å². The predicted octanol–water partition coefficient (Wildman–Crippen LogP) is 2.54. The molecule has 1 unspecified atom stereocenters. The number of nitrogens with one attached hydrogen (secondary N) is 2. The molecule has 0 spiro atoms. The third-order valence-corrected chi connectivity index (χ3v) is 8.91. The summed E-state index contributed by atoms with van der Waals surface area (Å²) in [4.78, 5) is 29.2. The van der Waals surface area contributed by atoms with Crippen molar-refractivity contribution in [3.63, 3.8) is 0 Å². The highest BCUT2D eigenvalue weighted by atomic mass is 32.2. The molecule has 0 saturated heterocycles. The number of carboxylic acid groups (broad SMARTS) is 1. The van der Waals surface area contributed by atoms with Crippen LogP contribution in [-0.4, -0.2) is 88.6 Å². The Bertz CT molecular complexity index is 1450. The molecule has 4 rings (SSSR count). The number of ether oxygens (including phenoxy) is 3. The molecule has 3 aliphatic rings. The molecule has 0 saturated carbocycles. The Morgan fingerprint density at radius 1 is 1.24 bits per heavy atom. The van der Waals surface area contributed by atoms with Crippen molar-refractivity contribution in [2.45, 2.75) is 32.7 Å². The van der Waals surface area contributed by atoms with E-state index < -0.39 is 21.9 Å². The highest BCUT2D eigenvalue weighted by Crippen LogP contribution is 2.30. The molecular formula is C31H43N5O8S. The predicted molar refractivity (Wildman–Crippen MR) is 172 cm³/mol. The van der Waals surface area contributed by atoms with Crippen LogP contribution in [0.25, 0.3) is 0 Å². The number of carboxylic acids is 1. The second-order valence-corrected chi connectivity index (χ2v) is 12.3. The van der Waals surface area contributed by atoms with E-state index in [0.717, 1.165) is 5.56 Å². The zero-order chi connectivity index (χ0) is 32.8. The van der Waals surface area contributed by atoms with Gasteiger partial charge in [0.1, 0.15) is 18.1 Å². The maximum absolute atomic E-state index is 13.5. The number of rotatable bonds is 7. The summed E-state index contributed by atoms with van der Waals surface area (Å²) in [6, 6.07) is 5.42. The lowest BCUT2D eigenvalue weighted by atomic mass is 9.95. The van der Waals surface area contributed by atoms with Crippen LogP contribution in [0, 0.1) is 5.92 Å². The van der Waals surface area contributed by atoms with Crippen molar-refractivity contribution in [1.82, 2.24) is 9.62 Å². The van der Waals surface area contributed by atoms with Crippen LogP contribution in [0.4, 0.5) is 5.69 Å². The maximum atomic E-state index is 13.5. The third-order valence-electron chi connectivity index (χ3n) is 6.96. The van der Waals surface area contributed by atoms with Crippen LogP contribution in [0.5, 0.6) is 5.75 Å². The molecule has 1 aromatic rings. The zero-order valence-corrected chi connectivity index (χ0v) is 26.6. The third kappa shape index (κ3) is 10.4. The average Bonchev–Trinajstić information content (AvgIpc) is 3.00. The van der Waals surface area contributed by atoms with Gasteiger partial charge in [0.2, 0.25) is 10.0 Å². The summed E-state index contributed by atoms with van der Waals surface area (Å²) < 4.78 is 45.6. The molecule has 5 N–H and O–H groups in total. The van der Waals surface area contributed by atoms with Crippen molar-refractivity contribution < 1.29 is 37.3 Å². The Balaban J connectivity index is 1.95. The van der Waals surface area contributed by atoms with Gasteiger partial charge in [-0.15, -0.1) is 0 Å². The van der Waals surface area contributed by atoms with E-state index >= 15 is 0 Å². The zero-order valence-electron chi connectivity index (χ0n) is 25.8. The van der Waals surface area contributed by atoms with Crippen molar-refractivity contribution in [1.29, 1.82) is 0 Å². The Morgan fingerprint density at radius 2 is 1.98 bits per heavy atom. The molecular weight excluding hydrogens is 602 g/mol. The number of aliphatic carboxylic acids is 1. The second kappa shape index (κ2) is 17.6. The number of hydrogen-bond donors (Lipinski definition) is 4. The molecule has 13 nitrogen and oxygen atoms in total. The molecule has 1 atom stereocenters. The van der Waals surface area contributed by atoms with Gasteiger partial charge in [-0.05, 0) is 45.0 Å². The van der Waals surface area contributed by atoms with Crippen molar-refractivity contribution in [2.75, 3.05) is 58.5 Å². The van der Waals surface area contributed by atoms with Crippen LogP contribution in [0.1, 0.15) is 31.7 Å². The molecule has 1 aromatic carbocycles. The molecule has 0 radical (unpaired) electrons. The first-order valence-electron chi connectivity index (χ1n) is 14.7. The van der Waals surface area contributed by atoms with E-state index in [1.165, 1.54) is 16.5 Å². The normalized spacial score (nSPS) is 21.6. The van der Waals surface area contributed by atoms with E-state index in [1.54, 1.807) is 25.1 Å². The number of hydrogen-bond acceptors (Lipinski definition) is 10. The van der Waals surface area contributed by atoms with Gasteiger partial charge in [-0.2, -0.15) is 4.31 Å². The lowest BCUT2D eigenvalue weighted by Crippen LogP contribution is -2.36. The highest BCUT2D eigenvalue weighted by molar-refractivity contribution is 7.93. The molecule has 2 aliphatic heterocycles. The molecule has 0 aromatic heterocycles. The Morgan fingerprint density at radius 3 is 2.62 bits per heavy atom. The molecule has 2 heterocycles. The number of anilines is 1. The smallest absolute Gasteiger partial charge is 0.303 e. The summed E-state index contributed by atoms with van der Waals surface area (Å²) in [5.74, 6) is -1.44. The maximum Gasteiger partial charge on any atom is 0.303 e. The van der Waals surface area contributed by atoms with E-state index in [-0.39, 0.29) is 87.6 Å². The summed E-state index contributed by atoms with van der Waals surface area (Å²) in [6.07, 6.45) is 6.53. The standard InChI is InChI=1S/C31H43N5O8S/c1-4-26-23-10-12-25(13-11-23)45(40,41)36(14-6-9-28(37)38)15-16-42-17-18-43-19-20-44-30-24(21-33-3)7-5-8-27(30)35-31(39)29(34-26)22(2)32/h4-5,7-8,10,12-13,23,33H,1,6,9,11,14-21,32H2,2-3H3,(H,35,39)(H,37,38)/b29-22+,34-26?. The van der Waals surface area contributed by atoms with E-state index in [9.17, 15) is 18.0 Å². The van der Waals surface area contributed by atoms with Crippen molar-refractivity contribution >= 4 is 33.3 Å². The number of nitrogens with zero attached hydrogens (tertiary/aromatic N) is 2. The minimum Gasteiger partial charge on any atom is -0.489 e. The summed E-state index contributed by atoms with van der Waals surface area (Å²) in [7, 11) is -2.13. The number of allylic oxidation sites excluding steroid dienone is 5. The molecule has 14 heteroatoms. The van der Waals surface area contributed by atoms with Gasteiger partial charge in [0, 0.05) is 48.9 Å². The summed E-state index contributed by atoms with van der Waals surface area (Å²) in [5.41, 5.74) is 7.99. The number of amides is 1. The largest absolute Gasteiger partial charge is 0.489 e. The number of fused-ring (bicyclic) bond motifs is 14. The molecule has 1 aliphatic carbocycles. The number of aliphatic imine (C=N–C) groups is 1. The van der Waals surface area contributed by atoms with E-state index in [4.69, 9.17) is 25.1 Å². The number of carbonyl (C=O) groups excluding carboxylic acids is 1. The molecule has 1 amide bonds. The fourth-order valence-corrected chi connectivity index (χ4v) is 6.24. The number of para-hydroxylation sites is 1. The van der Waals surface area contributed by atoms with Crippen molar-refractivity contribution in [2.24, 2.45) is 16.6 Å². The fraction of sp³-hybridized carbons (Fsp3) is 0.452. The molecule has 2 bridgehead atoms. The van der Waals surface area contributed by atoms with Gasteiger partial charge in [-0.1, -0.05) is 30.9 Å². The monoisotopic (exact) mass is 645 g/mol. The Hall–Kier alpha value is -3.82. The lowest BCUT2D eigenvalue weighted by molar-refractivity contribution is -0.137. The van der Waals surface area contributed by atoms with Crippen LogP contribution in [0.3, 0.4) is 0 Å². The van der Waals surface area contributed by atoms with Gasteiger partial charge in [0.05, 0.1) is 37.0 Å². The molecule has 246 valence electrons. The van der Waals surface area contributed by atoms with Gasteiger partial charge in [0.15, 0.2) is 0 Å². The molecule has 0 fully saturated rings. The second-order valence-electron chi connectivity index (χ2n) is 10.3. The van der Waals surface area contributed by atoms with Gasteiger partial charge in [0.25, 0.3) is 5.91 Å². The van der Waals surface area contributed by atoms with Crippen molar-refractivity contribution in [3.05, 3.63) is 70.9 Å². The number of carbonyl (C=O) groups is 2. The summed E-state index contributed by atoms with van der Waals surface area (Å²) >= 11 is 0. The minimum atomic E-state index is -3.94. The first kappa shape index (κ1) is 35.7. The van der Waals surface area contributed by atoms with Gasteiger partial charge in [-0.25, -0.2) is 13.4 Å². The number of nitrogens with two attached hydrogens (primary N) is 1. The van der Waals surface area contributed by atoms with E-state index in [2.05, 4.69) is 22.2 Å². The number of benzene rings is 1. The summed E-state index contributed by atoms with van der Waals surface area (Å²) in [6.45, 7) is 7.00. The molecule has 45 heavy (non-hydrogen) atoms. The van der Waals surface area contributed by atoms with Gasteiger partial charge >= 0.3 is 5.97 Å². The van der Waals surface area contributed by atoms with Crippen LogP contribution >= 0.6 is 0 Å². The van der Waals surface area contributed by atoms with Crippen LogP contribution < -0.4 is 21.1 Å². The first-order valence-corrected chi connectivity index (χ1v) is 16.2. The SMILES string of the molecule is C=CC1=N/C(=C(\C)N)C(=O)Nc2cccc(CNC)c2OCCOCCOCCN(CCCC(=O)O)S(=O)(=O)C2=CCC1C=C2. The highest BCUT2D eigenvalue weighted by Gasteiger charge is 2.28. The summed E-state index contributed by atoms with van der Waals surface area (Å²) in [5, 5.41) is 15.0.